The van der Waals surface area contributed by atoms with Gasteiger partial charge in [0.25, 0.3) is 0 Å². The fourth-order valence-corrected chi connectivity index (χ4v) is 5.47. The van der Waals surface area contributed by atoms with Crippen molar-refractivity contribution in [2.75, 3.05) is 37.4 Å². The third kappa shape index (κ3) is 17.1. The molecule has 332 valence electrons. The Balaban J connectivity index is 0.000000480. The highest BCUT2D eigenvalue weighted by Crippen LogP contribution is 2.29. The molecule has 2 aliphatic heterocycles. The van der Waals surface area contributed by atoms with Gasteiger partial charge in [0.2, 0.25) is 0 Å². The van der Waals surface area contributed by atoms with Crippen LogP contribution in [0.5, 0.6) is 0 Å². The van der Waals surface area contributed by atoms with Crippen LogP contribution in [0.4, 0.5) is 21.2 Å². The lowest BCUT2D eigenvalue weighted by Crippen LogP contribution is -2.36. The highest BCUT2D eigenvalue weighted by molar-refractivity contribution is 6.61. The first-order valence-corrected chi connectivity index (χ1v) is 19.0. The van der Waals surface area contributed by atoms with E-state index < -0.39 is 85.3 Å². The van der Waals surface area contributed by atoms with Crippen molar-refractivity contribution < 1.29 is 69.2 Å². The van der Waals surface area contributed by atoms with Crippen LogP contribution in [0.3, 0.4) is 0 Å². The summed E-state index contributed by atoms with van der Waals surface area (Å²) in [7, 11) is 0. The summed E-state index contributed by atoms with van der Waals surface area (Å²) in [5, 5.41) is 65.6. The van der Waals surface area contributed by atoms with Crippen LogP contribution in [0, 0.1) is 0 Å². The van der Waals surface area contributed by atoms with Crippen molar-refractivity contribution in [3.05, 3.63) is 45.5 Å². The molecule has 58 heavy (non-hydrogen) atoms. The molecule has 2 aromatic rings. The van der Waals surface area contributed by atoms with E-state index in [2.05, 4.69) is 38.9 Å². The highest BCUT2D eigenvalue weighted by Gasteiger charge is 2.44. The average Bonchev–Trinajstić information content (AvgIpc) is 3.65. The van der Waals surface area contributed by atoms with E-state index >= 15 is 0 Å². The Morgan fingerprint density at radius 3 is 1.55 bits per heavy atom. The Hall–Kier alpha value is -3.97. The molecule has 0 aromatic carbocycles. The first kappa shape index (κ1) is 52.0. The summed E-state index contributed by atoms with van der Waals surface area (Å²) in [4.78, 5) is 57.1. The van der Waals surface area contributed by atoms with Gasteiger partial charge in [-0.3, -0.25) is 19.8 Å². The molecule has 0 amide bonds. The molecule has 0 saturated carbocycles. The first-order valence-electron chi connectivity index (χ1n) is 18.6. The molecule has 23 heteroatoms. The van der Waals surface area contributed by atoms with Gasteiger partial charge in [-0.15, -0.1) is 0 Å². The zero-order valence-electron chi connectivity index (χ0n) is 31.8. The highest BCUT2D eigenvalue weighted by atomic mass is 35.5. The lowest BCUT2D eigenvalue weighted by molar-refractivity contribution is -0.0549. The molecule has 2 unspecified atom stereocenters. The summed E-state index contributed by atoms with van der Waals surface area (Å²) in [6.45, 7) is 4.00. The largest absolute Gasteiger partial charge is 0.533 e. The number of anilines is 2. The predicted octanol–water partition coefficient (Wildman–Crippen LogP) is 1.93. The number of nitrogens with zero attached hydrogens (tertiary/aromatic N) is 4. The minimum absolute atomic E-state index is 0. The monoisotopic (exact) mass is 854 g/mol. The minimum atomic E-state index is -1.40. The maximum Gasteiger partial charge on any atom is 0.533 e. The van der Waals surface area contributed by atoms with Crippen LogP contribution in [0.25, 0.3) is 0 Å². The summed E-state index contributed by atoms with van der Waals surface area (Å²) in [6, 6.07) is 2.60. The lowest BCUT2D eigenvalue weighted by atomic mass is 10.1. The van der Waals surface area contributed by atoms with Crippen LogP contribution in [0.15, 0.2) is 34.1 Å². The second-order valence-electron chi connectivity index (χ2n) is 12.8. The number of hydrogen-bond donors (Lipinski definition) is 9. The Morgan fingerprint density at radius 1 is 0.724 bits per heavy atom. The number of hydrogen-bond acceptors (Lipinski definition) is 20. The Kier molecular flexibility index (Phi) is 25.5. The van der Waals surface area contributed by atoms with E-state index in [-0.39, 0.29) is 25.7 Å². The van der Waals surface area contributed by atoms with Crippen LogP contribution in [-0.4, -0.2) is 130 Å². The van der Waals surface area contributed by atoms with Crippen LogP contribution in [0.2, 0.25) is 0 Å². The molecule has 4 heterocycles. The first-order chi connectivity index (χ1) is 27.3. The number of aliphatic hydroxyl groups is 6. The second kappa shape index (κ2) is 28.5. The summed E-state index contributed by atoms with van der Waals surface area (Å²) in [5.41, 5.74) is 1.64. The van der Waals surface area contributed by atoms with Gasteiger partial charge in [-0.05, 0) is 18.9 Å². The number of carbonyl (C=O) groups is 2. The fraction of sp³-hybridized carbons (Fsp3) is 0.714. The maximum absolute atomic E-state index is 12.1. The van der Waals surface area contributed by atoms with Crippen molar-refractivity contribution >= 4 is 34.8 Å². The number of nitrogens with one attached hydrogen (secondary N) is 2. The molecular weight excluding hydrogens is 796 g/mol. The molecule has 2 fully saturated rings. The summed E-state index contributed by atoms with van der Waals surface area (Å²) >= 11 is 4.96. The van der Waals surface area contributed by atoms with E-state index in [1.54, 1.807) is 5.48 Å². The summed E-state index contributed by atoms with van der Waals surface area (Å²) < 4.78 is 21.8. The van der Waals surface area contributed by atoms with Gasteiger partial charge in [0.1, 0.15) is 36.6 Å². The topological polar surface area (TPSA) is 316 Å². The number of unbranched alkanes of at least 4 members (excludes halogenated alkanes) is 8. The quantitative estimate of drug-likeness (QED) is 0.0422. The molecule has 22 nitrogen and oxygen atoms in total. The summed E-state index contributed by atoms with van der Waals surface area (Å²) in [6.07, 6.45) is 2.71. The van der Waals surface area contributed by atoms with Gasteiger partial charge in [-0.1, -0.05) is 72.6 Å². The molecule has 2 saturated heterocycles. The second-order valence-corrected chi connectivity index (χ2v) is 13.1. The van der Waals surface area contributed by atoms with Crippen molar-refractivity contribution in [1.29, 1.82) is 0 Å². The van der Waals surface area contributed by atoms with Crippen LogP contribution >= 0.6 is 11.6 Å². The molecule has 0 bridgehead atoms. The van der Waals surface area contributed by atoms with Crippen LogP contribution < -0.4 is 22.3 Å². The number of aliphatic hydroxyl groups excluding tert-OH is 6. The van der Waals surface area contributed by atoms with Gasteiger partial charge in [0, 0.05) is 30.1 Å². The molecule has 2 aliphatic rings. The van der Waals surface area contributed by atoms with Crippen LogP contribution in [-0.2, 0) is 23.8 Å². The normalized spacial score (nSPS) is 23.3. The van der Waals surface area contributed by atoms with E-state index in [9.17, 15) is 39.6 Å². The van der Waals surface area contributed by atoms with Gasteiger partial charge >= 0.3 is 23.0 Å². The molecule has 0 spiro atoms. The minimum Gasteiger partial charge on any atom is -0.454 e. The smallest absolute Gasteiger partial charge is 0.454 e. The van der Waals surface area contributed by atoms with Gasteiger partial charge in [0.15, 0.2) is 24.1 Å². The van der Waals surface area contributed by atoms with Crippen molar-refractivity contribution in [3.8, 4) is 0 Å². The van der Waals surface area contributed by atoms with Gasteiger partial charge in [0.05, 0.1) is 26.4 Å². The average molecular weight is 855 g/mol. The van der Waals surface area contributed by atoms with E-state index in [1.807, 2.05) is 0 Å². The molecular formula is C35H59ClN6O16. The molecule has 0 aliphatic carbocycles. The van der Waals surface area contributed by atoms with Crippen molar-refractivity contribution in [1.82, 2.24) is 19.1 Å². The lowest BCUT2D eigenvalue weighted by Gasteiger charge is -2.17. The maximum atomic E-state index is 12.1. The van der Waals surface area contributed by atoms with E-state index in [0.717, 1.165) is 54.1 Å². The molecule has 2 aromatic heterocycles. The molecule has 9 N–H and O–H groups in total. The Labute approximate surface area is 340 Å². The summed E-state index contributed by atoms with van der Waals surface area (Å²) in [5.74, 6) is -0.101. The zero-order valence-corrected chi connectivity index (χ0v) is 32.6. The van der Waals surface area contributed by atoms with Gasteiger partial charge < -0.3 is 54.4 Å². The van der Waals surface area contributed by atoms with Crippen LogP contribution in [0.1, 0.15) is 97.9 Å². The van der Waals surface area contributed by atoms with Gasteiger partial charge in [-0.25, -0.2) is 19.2 Å². The molecule has 0 radical (unpaired) electrons. The van der Waals surface area contributed by atoms with Crippen molar-refractivity contribution in [3.63, 3.8) is 0 Å². The Bertz CT molecular complexity index is 1590. The molecule has 4 rings (SSSR count). The standard InChI is InChI=1S/C17H27N3O8.C9H13N3O6.C8H15ClO2.CH4/c1-2-3-4-5-6-9-26-17(25)28-19-12-7-8-20(16(24)18-12)15-14(23)13(22)11(10-21)27-15;13-3-4-6(14)7(15)8(18-4)12-2-1-5(11-17)10-9(12)16;1-2-3-4-5-6-7-11-8(9)10;/h7-8,11,13-15,21-23H,2-6,9-10H2,1H3,(H,18,19,24);1-2,4,6-8,13-15,17H,3H2,(H,10,11,16);2-7H2,1H3;1H4/t11-,13+,14?,15-;4-,6+,7?,8-;;/m11../s1. The SMILES string of the molecule is C.CCCCCCCOC(=O)Cl.CCCCCCCOC(=O)ONc1ccn([C@@H]2O[C@H](CO)[C@H](O)C2O)c(=O)n1.O=c1nc(NO)ccn1[C@@H]1O[C@H](CO)[C@H](O)C1O. The fourth-order valence-electron chi connectivity index (χ4n) is 5.39. The third-order valence-electron chi connectivity index (χ3n) is 8.53. The predicted molar refractivity (Wildman–Crippen MR) is 206 cm³/mol. The third-order valence-corrected chi connectivity index (χ3v) is 8.64. The van der Waals surface area contributed by atoms with E-state index in [4.69, 9.17) is 41.2 Å². The zero-order chi connectivity index (χ0) is 42.3. The number of rotatable bonds is 19. The van der Waals surface area contributed by atoms with E-state index in [0.29, 0.717) is 6.61 Å². The number of carbonyl (C=O) groups excluding carboxylic acids is 2. The number of halogens is 1. The van der Waals surface area contributed by atoms with Crippen molar-refractivity contribution in [2.24, 2.45) is 0 Å². The number of ether oxygens (including phenoxy) is 4. The molecule has 8 atom stereocenters. The van der Waals surface area contributed by atoms with Gasteiger partial charge in [-0.2, -0.15) is 15.4 Å². The van der Waals surface area contributed by atoms with Crippen molar-refractivity contribution in [2.45, 2.75) is 135 Å². The Morgan fingerprint density at radius 2 is 1.16 bits per heavy atom. The van der Waals surface area contributed by atoms with E-state index in [1.165, 1.54) is 43.8 Å². The number of aromatic nitrogens is 4.